The smallest absolute Gasteiger partial charge is 0.328 e. The van der Waals surface area contributed by atoms with Crippen LogP contribution in [0, 0.1) is 38.0 Å². The first-order chi connectivity index (χ1) is 11.0. The lowest BCUT2D eigenvalue weighted by atomic mass is 10.1. The molecule has 23 heavy (non-hydrogen) atoms. The first kappa shape index (κ1) is 18.7. The molecule has 0 bridgehead atoms. The minimum Gasteiger partial charge on any atom is -0.493 e. The highest BCUT2D eigenvalue weighted by Crippen LogP contribution is 2.23. The summed E-state index contributed by atoms with van der Waals surface area (Å²) in [5.74, 6) is -0.591. The van der Waals surface area contributed by atoms with Crippen molar-refractivity contribution in [2.75, 3.05) is 19.8 Å². The summed E-state index contributed by atoms with van der Waals surface area (Å²) in [7, 11) is 0. The van der Waals surface area contributed by atoms with Gasteiger partial charge in [-0.15, -0.1) is 0 Å². The highest BCUT2D eigenvalue weighted by Gasteiger charge is 2.15. The second kappa shape index (κ2) is 9.62. The fourth-order valence-corrected chi connectivity index (χ4v) is 2.05. The quantitative estimate of drug-likeness (QED) is 0.419. The SMILES string of the molecule is CCOC(=O)[C@H](C#N)C=NCCCOc1cc(C)cc(C)c1C. The van der Waals surface area contributed by atoms with Gasteiger partial charge in [0.25, 0.3) is 0 Å². The van der Waals surface area contributed by atoms with Crippen LogP contribution >= 0.6 is 0 Å². The number of carbonyl (C=O) groups is 1. The van der Waals surface area contributed by atoms with Gasteiger partial charge in [-0.05, 0) is 50.5 Å². The van der Waals surface area contributed by atoms with Gasteiger partial charge in [0.05, 0.1) is 19.3 Å². The molecule has 0 aliphatic heterocycles. The van der Waals surface area contributed by atoms with E-state index in [-0.39, 0.29) is 6.61 Å². The Morgan fingerprint density at radius 2 is 2.13 bits per heavy atom. The molecule has 5 heteroatoms. The van der Waals surface area contributed by atoms with E-state index in [2.05, 4.69) is 18.0 Å². The molecular formula is C18H24N2O3. The Hall–Kier alpha value is -2.35. The van der Waals surface area contributed by atoms with Gasteiger partial charge in [0.2, 0.25) is 0 Å². The maximum absolute atomic E-state index is 11.4. The Kier molecular flexibility index (Phi) is 7.82. The van der Waals surface area contributed by atoms with Crippen LogP contribution in [0.15, 0.2) is 17.1 Å². The summed E-state index contributed by atoms with van der Waals surface area (Å²) < 4.78 is 10.6. The molecule has 1 aromatic carbocycles. The summed E-state index contributed by atoms with van der Waals surface area (Å²) in [5.41, 5.74) is 3.53. The number of rotatable bonds is 8. The fraction of sp³-hybridized carbons (Fsp3) is 0.500. The molecule has 0 aliphatic rings. The largest absolute Gasteiger partial charge is 0.493 e. The zero-order valence-electron chi connectivity index (χ0n) is 14.3. The van der Waals surface area contributed by atoms with Crippen molar-refractivity contribution in [3.8, 4) is 11.8 Å². The van der Waals surface area contributed by atoms with Crippen molar-refractivity contribution in [2.45, 2.75) is 34.1 Å². The molecular weight excluding hydrogens is 292 g/mol. The third-order valence-electron chi connectivity index (χ3n) is 3.39. The fourth-order valence-electron chi connectivity index (χ4n) is 2.05. The van der Waals surface area contributed by atoms with E-state index in [0.29, 0.717) is 19.6 Å². The van der Waals surface area contributed by atoms with E-state index in [1.54, 1.807) is 6.92 Å². The van der Waals surface area contributed by atoms with Gasteiger partial charge in [0, 0.05) is 19.2 Å². The van der Waals surface area contributed by atoms with Crippen molar-refractivity contribution in [3.63, 3.8) is 0 Å². The lowest BCUT2D eigenvalue weighted by molar-refractivity contribution is -0.143. The standard InChI is InChI=1S/C18H24N2O3/c1-5-22-18(21)16(11-19)12-20-7-6-8-23-17-10-13(2)9-14(3)15(17)4/h9-10,12,16H,5-8H2,1-4H3/t16-/m1/s1. The van der Waals surface area contributed by atoms with Gasteiger partial charge < -0.3 is 9.47 Å². The van der Waals surface area contributed by atoms with Crippen molar-refractivity contribution < 1.29 is 14.3 Å². The van der Waals surface area contributed by atoms with Crippen LogP contribution in [0.4, 0.5) is 0 Å². The number of ether oxygens (including phenoxy) is 2. The summed E-state index contributed by atoms with van der Waals surface area (Å²) in [6.45, 7) is 9.15. The number of esters is 1. The molecule has 0 spiro atoms. The Balaban J connectivity index is 2.40. The predicted octanol–water partition coefficient (Wildman–Crippen LogP) is 3.15. The van der Waals surface area contributed by atoms with Gasteiger partial charge in [-0.2, -0.15) is 5.26 Å². The zero-order chi connectivity index (χ0) is 17.2. The third-order valence-corrected chi connectivity index (χ3v) is 3.39. The minimum atomic E-state index is -0.933. The summed E-state index contributed by atoms with van der Waals surface area (Å²) in [6.07, 6.45) is 2.06. The molecule has 0 N–H and O–H groups in total. The molecule has 0 aliphatic carbocycles. The first-order valence-electron chi connectivity index (χ1n) is 7.76. The van der Waals surface area contributed by atoms with Crippen LogP contribution in [0.1, 0.15) is 30.0 Å². The van der Waals surface area contributed by atoms with Gasteiger partial charge in [0.15, 0.2) is 5.92 Å². The normalized spacial score (nSPS) is 12.0. The molecule has 0 heterocycles. The van der Waals surface area contributed by atoms with Crippen molar-refractivity contribution >= 4 is 12.2 Å². The molecule has 1 atom stereocenters. The van der Waals surface area contributed by atoms with Crippen LogP contribution in [0.2, 0.25) is 0 Å². The van der Waals surface area contributed by atoms with Gasteiger partial charge in [-0.25, -0.2) is 0 Å². The van der Waals surface area contributed by atoms with E-state index < -0.39 is 11.9 Å². The maximum atomic E-state index is 11.4. The van der Waals surface area contributed by atoms with Crippen LogP contribution in [0.3, 0.4) is 0 Å². The Labute approximate surface area is 137 Å². The van der Waals surface area contributed by atoms with E-state index >= 15 is 0 Å². The molecule has 0 saturated heterocycles. The second-order valence-electron chi connectivity index (χ2n) is 5.32. The van der Waals surface area contributed by atoms with E-state index in [9.17, 15) is 4.79 Å². The molecule has 0 saturated carbocycles. The summed E-state index contributed by atoms with van der Waals surface area (Å²) >= 11 is 0. The molecule has 1 rings (SSSR count). The highest BCUT2D eigenvalue weighted by molar-refractivity contribution is 5.92. The number of benzene rings is 1. The highest BCUT2D eigenvalue weighted by atomic mass is 16.5. The van der Waals surface area contributed by atoms with Crippen LogP contribution in [-0.4, -0.2) is 31.9 Å². The Morgan fingerprint density at radius 1 is 1.39 bits per heavy atom. The molecule has 0 aromatic heterocycles. The van der Waals surface area contributed by atoms with Crippen molar-refractivity contribution in [1.82, 2.24) is 0 Å². The average molecular weight is 316 g/mol. The number of nitriles is 1. The lowest BCUT2D eigenvalue weighted by Crippen LogP contribution is -2.17. The molecule has 0 unspecified atom stereocenters. The topological polar surface area (TPSA) is 71.7 Å². The van der Waals surface area contributed by atoms with E-state index in [0.717, 1.165) is 11.3 Å². The maximum Gasteiger partial charge on any atom is 0.328 e. The summed E-state index contributed by atoms with van der Waals surface area (Å²) in [4.78, 5) is 15.5. The van der Waals surface area contributed by atoms with Crippen molar-refractivity contribution in [3.05, 3.63) is 28.8 Å². The first-order valence-corrected chi connectivity index (χ1v) is 7.76. The van der Waals surface area contributed by atoms with Gasteiger partial charge in [0.1, 0.15) is 5.75 Å². The number of aliphatic imine (C=N–C) groups is 1. The molecule has 0 radical (unpaired) electrons. The number of carbonyl (C=O) groups excluding carboxylic acids is 1. The third kappa shape index (κ3) is 6.11. The van der Waals surface area contributed by atoms with Crippen LogP contribution in [0.5, 0.6) is 5.75 Å². The Morgan fingerprint density at radius 3 is 2.78 bits per heavy atom. The number of hydrogen-bond acceptors (Lipinski definition) is 5. The molecule has 124 valence electrons. The van der Waals surface area contributed by atoms with Gasteiger partial charge in [-0.3, -0.25) is 9.79 Å². The molecule has 0 fully saturated rings. The van der Waals surface area contributed by atoms with Crippen molar-refractivity contribution in [1.29, 1.82) is 5.26 Å². The zero-order valence-corrected chi connectivity index (χ0v) is 14.3. The predicted molar refractivity (Wildman–Crippen MR) is 89.9 cm³/mol. The molecule has 5 nitrogen and oxygen atoms in total. The number of nitrogens with zero attached hydrogens (tertiary/aromatic N) is 2. The minimum absolute atomic E-state index is 0.258. The summed E-state index contributed by atoms with van der Waals surface area (Å²) in [6, 6.07) is 6.02. The Bertz CT molecular complexity index is 603. The van der Waals surface area contributed by atoms with E-state index in [1.807, 2.05) is 26.0 Å². The second-order valence-corrected chi connectivity index (χ2v) is 5.32. The van der Waals surface area contributed by atoms with Crippen LogP contribution < -0.4 is 4.74 Å². The van der Waals surface area contributed by atoms with Gasteiger partial charge in [-0.1, -0.05) is 6.07 Å². The number of hydrogen-bond donors (Lipinski definition) is 0. The van der Waals surface area contributed by atoms with E-state index in [1.165, 1.54) is 17.3 Å². The number of aryl methyl sites for hydroxylation is 2. The summed E-state index contributed by atoms with van der Waals surface area (Å²) in [5, 5.41) is 8.89. The molecule has 1 aromatic rings. The van der Waals surface area contributed by atoms with Crippen LogP contribution in [0.25, 0.3) is 0 Å². The average Bonchev–Trinajstić information content (AvgIpc) is 2.51. The molecule has 0 amide bonds. The van der Waals surface area contributed by atoms with Crippen LogP contribution in [-0.2, 0) is 9.53 Å². The monoisotopic (exact) mass is 316 g/mol. The van der Waals surface area contributed by atoms with Gasteiger partial charge >= 0.3 is 5.97 Å². The van der Waals surface area contributed by atoms with Crippen molar-refractivity contribution in [2.24, 2.45) is 10.9 Å². The van der Waals surface area contributed by atoms with E-state index in [4.69, 9.17) is 14.7 Å². The lowest BCUT2D eigenvalue weighted by Gasteiger charge is -2.11.